The molecule has 3 aromatic carbocycles. The molecule has 5 nitrogen and oxygen atoms in total. The van der Waals surface area contributed by atoms with Gasteiger partial charge in [-0.15, -0.1) is 5.10 Å². The van der Waals surface area contributed by atoms with Gasteiger partial charge in [0.2, 0.25) is 0 Å². The molecular weight excluding hydrogens is 424 g/mol. The van der Waals surface area contributed by atoms with Crippen molar-refractivity contribution in [1.29, 1.82) is 0 Å². The summed E-state index contributed by atoms with van der Waals surface area (Å²) in [6.07, 6.45) is 0.688. The lowest BCUT2D eigenvalue weighted by atomic mass is 9.68. The van der Waals surface area contributed by atoms with Crippen LogP contribution in [0.15, 0.2) is 101 Å². The van der Waals surface area contributed by atoms with Crippen LogP contribution in [0, 0.1) is 5.92 Å². The van der Waals surface area contributed by atoms with E-state index in [4.69, 9.17) is 4.74 Å². The molecule has 34 heavy (non-hydrogen) atoms. The van der Waals surface area contributed by atoms with Crippen LogP contribution in [0.4, 0.5) is 0 Å². The van der Waals surface area contributed by atoms with Gasteiger partial charge in [-0.1, -0.05) is 91.0 Å². The van der Waals surface area contributed by atoms with Gasteiger partial charge in [-0.3, -0.25) is 4.79 Å². The molecule has 4 rings (SSSR count). The normalized spacial score (nSPS) is 23.3. The van der Waals surface area contributed by atoms with Crippen LogP contribution in [0.25, 0.3) is 0 Å². The highest BCUT2D eigenvalue weighted by molar-refractivity contribution is 6.13. The summed E-state index contributed by atoms with van der Waals surface area (Å²) >= 11 is 0. The largest absolute Gasteiger partial charge is 0.465 e. The molecule has 0 unspecified atom stereocenters. The molecule has 5 heteroatoms. The molecule has 1 N–H and O–H groups in total. The zero-order valence-corrected chi connectivity index (χ0v) is 19.6. The Balaban J connectivity index is 1.83. The minimum atomic E-state index is -1.02. The molecule has 1 aliphatic rings. The lowest BCUT2D eigenvalue weighted by Crippen LogP contribution is -2.45. The van der Waals surface area contributed by atoms with Crippen molar-refractivity contribution in [2.24, 2.45) is 16.1 Å². The lowest BCUT2D eigenvalue weighted by molar-refractivity contribution is -0.147. The molecule has 0 aliphatic heterocycles. The third-order valence-electron chi connectivity index (χ3n) is 6.12. The van der Waals surface area contributed by atoms with Gasteiger partial charge >= 0.3 is 5.97 Å². The summed E-state index contributed by atoms with van der Waals surface area (Å²) in [6.45, 7) is 3.87. The van der Waals surface area contributed by atoms with Crippen LogP contribution in [0.2, 0.25) is 0 Å². The SMILES string of the molecule is CCOC(=O)[C@@H]1/C(=N\N=C(c2ccccc2)c2ccccc2)C[C@](C)(O)C[C@H]1c1ccccc1. The molecule has 174 valence electrons. The molecule has 0 radical (unpaired) electrons. The van der Waals surface area contributed by atoms with Gasteiger partial charge < -0.3 is 9.84 Å². The molecule has 0 bridgehead atoms. The fraction of sp³-hybridized carbons (Fsp3) is 0.276. The molecule has 0 heterocycles. The predicted molar refractivity (Wildman–Crippen MR) is 135 cm³/mol. The van der Waals surface area contributed by atoms with E-state index >= 15 is 0 Å². The molecule has 1 aliphatic carbocycles. The molecular formula is C29H30N2O3. The number of esters is 1. The van der Waals surface area contributed by atoms with Crippen molar-refractivity contribution >= 4 is 17.4 Å². The summed E-state index contributed by atoms with van der Waals surface area (Å²) in [5.41, 5.74) is 3.05. The van der Waals surface area contributed by atoms with Crippen molar-refractivity contribution < 1.29 is 14.6 Å². The van der Waals surface area contributed by atoms with E-state index in [0.717, 1.165) is 16.7 Å². The van der Waals surface area contributed by atoms with Gasteiger partial charge in [0.05, 0.1) is 17.9 Å². The first-order chi connectivity index (χ1) is 16.5. The zero-order valence-electron chi connectivity index (χ0n) is 19.6. The smallest absolute Gasteiger partial charge is 0.315 e. The van der Waals surface area contributed by atoms with Crippen LogP contribution in [-0.4, -0.2) is 34.7 Å². The first-order valence-corrected chi connectivity index (χ1v) is 11.7. The number of carbonyl (C=O) groups is 1. The summed E-state index contributed by atoms with van der Waals surface area (Å²) in [6, 6.07) is 29.5. The van der Waals surface area contributed by atoms with Crippen molar-refractivity contribution in [3.8, 4) is 0 Å². The van der Waals surface area contributed by atoms with E-state index in [-0.39, 0.29) is 24.9 Å². The van der Waals surface area contributed by atoms with Crippen molar-refractivity contribution in [3.63, 3.8) is 0 Å². The van der Waals surface area contributed by atoms with Gasteiger partial charge in [-0.25, -0.2) is 0 Å². The highest BCUT2D eigenvalue weighted by Crippen LogP contribution is 2.42. The van der Waals surface area contributed by atoms with E-state index in [1.165, 1.54) is 0 Å². The van der Waals surface area contributed by atoms with E-state index in [9.17, 15) is 9.90 Å². The minimum Gasteiger partial charge on any atom is -0.465 e. The van der Waals surface area contributed by atoms with Crippen molar-refractivity contribution in [1.82, 2.24) is 0 Å². The molecule has 0 aromatic heterocycles. The number of aliphatic hydroxyl groups is 1. The average molecular weight is 455 g/mol. The van der Waals surface area contributed by atoms with E-state index < -0.39 is 11.5 Å². The third kappa shape index (κ3) is 5.49. The van der Waals surface area contributed by atoms with Crippen LogP contribution in [-0.2, 0) is 9.53 Å². The number of carbonyl (C=O) groups excluding carboxylic acids is 1. The Morgan fingerprint density at radius 1 is 0.941 bits per heavy atom. The molecule has 0 amide bonds. The first kappa shape index (κ1) is 23.6. The zero-order chi connectivity index (χ0) is 24.0. The number of benzene rings is 3. The number of rotatable bonds is 6. The van der Waals surface area contributed by atoms with Crippen molar-refractivity contribution in [3.05, 3.63) is 108 Å². The van der Waals surface area contributed by atoms with Crippen LogP contribution < -0.4 is 0 Å². The second-order valence-corrected chi connectivity index (χ2v) is 8.90. The molecule has 0 spiro atoms. The van der Waals surface area contributed by atoms with Crippen molar-refractivity contribution in [2.45, 2.75) is 38.2 Å². The summed E-state index contributed by atoms with van der Waals surface area (Å²) in [5.74, 6) is -1.20. The standard InChI is InChI=1S/C29H30N2O3/c1-3-34-28(32)26-24(21-13-7-4-8-14-21)19-29(2,33)20-25(26)30-31-27(22-15-9-5-10-16-22)23-17-11-6-12-18-23/h4-18,24,26,33H,3,19-20H2,1-2H3/b30-25-/t24-,26-,29+/m0/s1. The van der Waals surface area contributed by atoms with E-state index in [2.05, 4.69) is 10.2 Å². The maximum absolute atomic E-state index is 13.2. The Labute approximate surface area is 200 Å². The van der Waals surface area contributed by atoms with Crippen molar-refractivity contribution in [2.75, 3.05) is 6.61 Å². The van der Waals surface area contributed by atoms with Crippen LogP contribution in [0.5, 0.6) is 0 Å². The number of hydrogen-bond acceptors (Lipinski definition) is 5. The number of ether oxygens (including phenoxy) is 1. The molecule has 1 fully saturated rings. The van der Waals surface area contributed by atoms with Gasteiger partial charge in [0.15, 0.2) is 0 Å². The van der Waals surface area contributed by atoms with Gasteiger partial charge in [0.25, 0.3) is 0 Å². The summed E-state index contributed by atoms with van der Waals surface area (Å²) in [4.78, 5) is 13.2. The topological polar surface area (TPSA) is 71.2 Å². The van der Waals surface area contributed by atoms with Crippen LogP contribution in [0.3, 0.4) is 0 Å². The highest BCUT2D eigenvalue weighted by Gasteiger charge is 2.45. The Bertz CT molecular complexity index is 1110. The fourth-order valence-electron chi connectivity index (χ4n) is 4.62. The van der Waals surface area contributed by atoms with E-state index in [1.807, 2.05) is 91.0 Å². The van der Waals surface area contributed by atoms with Crippen LogP contribution >= 0.6 is 0 Å². The fourth-order valence-corrected chi connectivity index (χ4v) is 4.62. The highest BCUT2D eigenvalue weighted by atomic mass is 16.5. The number of hydrogen-bond donors (Lipinski definition) is 1. The minimum absolute atomic E-state index is 0.250. The Morgan fingerprint density at radius 2 is 1.47 bits per heavy atom. The first-order valence-electron chi connectivity index (χ1n) is 11.7. The molecule has 3 atom stereocenters. The lowest BCUT2D eigenvalue weighted by Gasteiger charge is -2.39. The second-order valence-electron chi connectivity index (χ2n) is 8.90. The summed E-state index contributed by atoms with van der Waals surface area (Å²) < 4.78 is 5.46. The predicted octanol–water partition coefficient (Wildman–Crippen LogP) is 5.39. The quantitative estimate of drug-likeness (QED) is 0.308. The number of nitrogens with zero attached hydrogens (tertiary/aromatic N) is 2. The van der Waals surface area contributed by atoms with Gasteiger partial charge in [-0.2, -0.15) is 5.10 Å². The summed E-state index contributed by atoms with van der Waals surface area (Å²) in [7, 11) is 0. The molecule has 0 saturated heterocycles. The van der Waals surface area contributed by atoms with Crippen LogP contribution in [0.1, 0.15) is 49.3 Å². The van der Waals surface area contributed by atoms with Gasteiger partial charge in [0, 0.05) is 23.5 Å². The summed E-state index contributed by atoms with van der Waals surface area (Å²) in [5, 5.41) is 20.4. The average Bonchev–Trinajstić information content (AvgIpc) is 2.85. The van der Waals surface area contributed by atoms with E-state index in [0.29, 0.717) is 17.8 Å². The third-order valence-corrected chi connectivity index (χ3v) is 6.12. The maximum Gasteiger partial charge on any atom is 0.315 e. The van der Waals surface area contributed by atoms with E-state index in [1.54, 1.807) is 13.8 Å². The Kier molecular flexibility index (Phi) is 7.33. The molecule has 3 aromatic rings. The maximum atomic E-state index is 13.2. The Hall–Kier alpha value is -3.57. The van der Waals surface area contributed by atoms with Gasteiger partial charge in [-0.05, 0) is 25.8 Å². The Morgan fingerprint density at radius 3 is 2.00 bits per heavy atom. The second kappa shape index (κ2) is 10.6. The monoisotopic (exact) mass is 454 g/mol. The molecule has 1 saturated carbocycles. The van der Waals surface area contributed by atoms with Gasteiger partial charge in [0.1, 0.15) is 11.6 Å².